The summed E-state index contributed by atoms with van der Waals surface area (Å²) in [5.41, 5.74) is 5.33. The van der Waals surface area contributed by atoms with Gasteiger partial charge in [0.1, 0.15) is 5.82 Å². The molecular weight excluding hydrogens is 460 g/mol. The minimum atomic E-state index is -0.479. The van der Waals surface area contributed by atoms with E-state index >= 15 is 0 Å². The number of anilines is 1. The van der Waals surface area contributed by atoms with Crippen LogP contribution in [0, 0.1) is 6.92 Å². The first kappa shape index (κ1) is 26.1. The summed E-state index contributed by atoms with van der Waals surface area (Å²) in [5, 5.41) is 3.72. The fourth-order valence-corrected chi connectivity index (χ4v) is 4.61. The van der Waals surface area contributed by atoms with Gasteiger partial charge in [0, 0.05) is 12.7 Å². The maximum atomic E-state index is 13.7. The van der Waals surface area contributed by atoms with E-state index in [-0.39, 0.29) is 23.4 Å². The van der Waals surface area contributed by atoms with E-state index in [2.05, 4.69) is 45.1 Å². The lowest BCUT2D eigenvalue weighted by atomic mass is 9.93. The van der Waals surface area contributed by atoms with Crippen molar-refractivity contribution in [3.05, 3.63) is 99.6 Å². The van der Waals surface area contributed by atoms with Crippen LogP contribution in [0.1, 0.15) is 75.0 Å². The van der Waals surface area contributed by atoms with Gasteiger partial charge in [0.05, 0.1) is 22.6 Å². The van der Waals surface area contributed by atoms with Crippen LogP contribution < -0.4 is 10.9 Å². The van der Waals surface area contributed by atoms with Crippen LogP contribution in [0.3, 0.4) is 0 Å². The van der Waals surface area contributed by atoms with Gasteiger partial charge in [0.25, 0.3) is 5.56 Å². The van der Waals surface area contributed by atoms with E-state index in [1.54, 1.807) is 22.6 Å². The van der Waals surface area contributed by atoms with Crippen LogP contribution in [0.15, 0.2) is 71.5 Å². The van der Waals surface area contributed by atoms with Gasteiger partial charge < -0.3 is 10.2 Å². The lowest BCUT2D eigenvalue weighted by molar-refractivity contribution is 0.205. The summed E-state index contributed by atoms with van der Waals surface area (Å²) in [4.78, 5) is 33.8. The molecule has 0 spiro atoms. The highest BCUT2D eigenvalue weighted by molar-refractivity contribution is 5.91. The molecule has 1 heterocycles. The molecule has 1 N–H and O–H groups in total. The van der Waals surface area contributed by atoms with E-state index in [0.717, 1.165) is 28.1 Å². The topological polar surface area (TPSA) is 67.2 Å². The van der Waals surface area contributed by atoms with Crippen molar-refractivity contribution < 1.29 is 4.79 Å². The number of nitrogens with one attached hydrogen (secondary N) is 1. The lowest BCUT2D eigenvalue weighted by Crippen LogP contribution is -2.37. The summed E-state index contributed by atoms with van der Waals surface area (Å²) >= 11 is 0. The highest BCUT2D eigenvalue weighted by Crippen LogP contribution is 2.33. The van der Waals surface area contributed by atoms with Crippen molar-refractivity contribution in [2.24, 2.45) is 0 Å². The second-order valence-corrected chi connectivity index (χ2v) is 10.3. The highest BCUT2D eigenvalue weighted by Gasteiger charge is 2.26. The van der Waals surface area contributed by atoms with Gasteiger partial charge in [-0.2, -0.15) is 0 Å². The van der Waals surface area contributed by atoms with Crippen LogP contribution in [0.2, 0.25) is 0 Å². The van der Waals surface area contributed by atoms with Crippen LogP contribution in [0.5, 0.6) is 0 Å². The molecule has 0 saturated heterocycles. The fourth-order valence-electron chi connectivity index (χ4n) is 4.61. The van der Waals surface area contributed by atoms with E-state index in [9.17, 15) is 9.59 Å². The van der Waals surface area contributed by atoms with Gasteiger partial charge in [-0.15, -0.1) is 0 Å². The molecule has 0 aliphatic heterocycles. The van der Waals surface area contributed by atoms with Crippen LogP contribution in [-0.2, 0) is 0 Å². The second-order valence-electron chi connectivity index (χ2n) is 10.3. The molecule has 0 radical (unpaired) electrons. The molecule has 0 bridgehead atoms. The third kappa shape index (κ3) is 5.15. The predicted molar refractivity (Wildman–Crippen MR) is 152 cm³/mol. The molecule has 0 fully saturated rings. The molecule has 4 aromatic rings. The molecular formula is C31H36N4O2. The standard InChI is InChI=1S/C31H36N4O2/c1-19(2)24-12-10-13-25(20(3)4)28(24)33-31(37)34(7)22(6)29-32-27-14-9-8-11-26(27)30(36)35(29)23-17-15-21(5)16-18-23/h8-20,22H,1-7H3,(H,33,37). The Morgan fingerprint density at radius 2 is 1.46 bits per heavy atom. The van der Waals surface area contributed by atoms with Gasteiger partial charge in [-0.25, -0.2) is 9.78 Å². The molecule has 3 aromatic carbocycles. The van der Waals surface area contributed by atoms with Crippen molar-refractivity contribution in [1.82, 2.24) is 14.5 Å². The number of carbonyl (C=O) groups excluding carboxylic acids is 1. The van der Waals surface area contributed by atoms with E-state index < -0.39 is 6.04 Å². The van der Waals surface area contributed by atoms with E-state index in [4.69, 9.17) is 4.98 Å². The van der Waals surface area contributed by atoms with Crippen molar-refractivity contribution in [2.45, 2.75) is 59.4 Å². The molecule has 192 valence electrons. The number of benzene rings is 3. The maximum Gasteiger partial charge on any atom is 0.322 e. The summed E-state index contributed by atoms with van der Waals surface area (Å²) in [5.74, 6) is 1.02. The number of rotatable bonds is 6. The van der Waals surface area contributed by atoms with Crippen LogP contribution >= 0.6 is 0 Å². The maximum absolute atomic E-state index is 13.7. The molecule has 0 saturated carbocycles. The molecule has 0 aliphatic rings. The first-order chi connectivity index (χ1) is 17.6. The number of aryl methyl sites for hydroxylation is 1. The summed E-state index contributed by atoms with van der Waals surface area (Å²) < 4.78 is 1.62. The lowest BCUT2D eigenvalue weighted by Gasteiger charge is -2.29. The Kier molecular flexibility index (Phi) is 7.48. The van der Waals surface area contributed by atoms with E-state index in [1.165, 1.54) is 0 Å². The Morgan fingerprint density at radius 1 is 0.865 bits per heavy atom. The van der Waals surface area contributed by atoms with Gasteiger partial charge >= 0.3 is 6.03 Å². The molecule has 37 heavy (non-hydrogen) atoms. The zero-order chi connectivity index (χ0) is 26.9. The van der Waals surface area contributed by atoms with E-state index in [1.807, 2.05) is 62.4 Å². The number of aromatic nitrogens is 2. The molecule has 1 atom stereocenters. The van der Waals surface area contributed by atoms with Crippen molar-refractivity contribution >= 4 is 22.6 Å². The van der Waals surface area contributed by atoms with Crippen molar-refractivity contribution in [1.29, 1.82) is 0 Å². The predicted octanol–water partition coefficient (Wildman–Crippen LogP) is 7.17. The van der Waals surface area contributed by atoms with Crippen molar-refractivity contribution in [3.8, 4) is 5.69 Å². The van der Waals surface area contributed by atoms with Crippen molar-refractivity contribution in [3.63, 3.8) is 0 Å². The number of para-hydroxylation sites is 2. The Balaban J connectivity index is 1.78. The van der Waals surface area contributed by atoms with Gasteiger partial charge in [-0.3, -0.25) is 9.36 Å². The minimum Gasteiger partial charge on any atom is -0.318 e. The summed E-state index contributed by atoms with van der Waals surface area (Å²) in [6.07, 6.45) is 0. The molecule has 6 nitrogen and oxygen atoms in total. The number of hydrogen-bond donors (Lipinski definition) is 1. The summed E-state index contributed by atoms with van der Waals surface area (Å²) in [6, 6.07) is 20.5. The Bertz CT molecular complexity index is 1460. The normalized spacial score (nSPS) is 12.2. The third-order valence-corrected chi connectivity index (χ3v) is 6.97. The molecule has 1 aromatic heterocycles. The number of carbonyl (C=O) groups is 1. The summed E-state index contributed by atoms with van der Waals surface area (Å²) in [6.45, 7) is 12.4. The molecule has 1 unspecified atom stereocenters. The zero-order valence-corrected chi connectivity index (χ0v) is 22.7. The SMILES string of the molecule is Cc1ccc(-n2c(C(C)N(C)C(=O)Nc3c(C(C)C)cccc3C(C)C)nc3ccccc3c2=O)cc1. The fraction of sp³-hybridized carbons (Fsp3) is 0.323. The molecule has 6 heteroatoms. The monoisotopic (exact) mass is 496 g/mol. The zero-order valence-electron chi connectivity index (χ0n) is 22.7. The molecule has 2 amide bonds. The Hall–Kier alpha value is -3.93. The Morgan fingerprint density at radius 3 is 2.05 bits per heavy atom. The number of amides is 2. The van der Waals surface area contributed by atoms with Gasteiger partial charge in [0.15, 0.2) is 0 Å². The summed E-state index contributed by atoms with van der Waals surface area (Å²) in [7, 11) is 1.74. The smallest absolute Gasteiger partial charge is 0.318 e. The first-order valence-corrected chi connectivity index (χ1v) is 12.9. The van der Waals surface area contributed by atoms with Crippen molar-refractivity contribution in [2.75, 3.05) is 12.4 Å². The average Bonchev–Trinajstić information content (AvgIpc) is 2.88. The van der Waals surface area contributed by atoms with E-state index in [0.29, 0.717) is 16.7 Å². The third-order valence-electron chi connectivity index (χ3n) is 6.97. The number of fused-ring (bicyclic) bond motifs is 1. The van der Waals surface area contributed by atoms with Gasteiger partial charge in [-0.05, 0) is 61.1 Å². The minimum absolute atomic E-state index is 0.155. The van der Waals surface area contributed by atoms with Crippen LogP contribution in [0.4, 0.5) is 10.5 Å². The van der Waals surface area contributed by atoms with Gasteiger partial charge in [-0.1, -0.05) is 75.7 Å². The van der Waals surface area contributed by atoms with Crippen LogP contribution in [-0.4, -0.2) is 27.5 Å². The first-order valence-electron chi connectivity index (χ1n) is 12.9. The van der Waals surface area contributed by atoms with Gasteiger partial charge in [0.2, 0.25) is 0 Å². The molecule has 4 rings (SSSR count). The number of hydrogen-bond acceptors (Lipinski definition) is 3. The highest BCUT2D eigenvalue weighted by atomic mass is 16.2. The Labute approximate surface area is 219 Å². The largest absolute Gasteiger partial charge is 0.322 e. The second kappa shape index (κ2) is 10.6. The quantitative estimate of drug-likeness (QED) is 0.308. The average molecular weight is 497 g/mol. The van der Waals surface area contributed by atoms with Crippen LogP contribution in [0.25, 0.3) is 16.6 Å². The molecule has 0 aliphatic carbocycles. The number of nitrogens with zero attached hydrogens (tertiary/aromatic N) is 3. The number of urea groups is 1.